The second-order valence-electron chi connectivity index (χ2n) is 6.17. The molecule has 2 rings (SSSR count). The van der Waals surface area contributed by atoms with E-state index in [1.54, 1.807) is 12.1 Å². The number of hydrogen-bond acceptors (Lipinski definition) is 5. The van der Waals surface area contributed by atoms with Crippen molar-refractivity contribution in [2.75, 3.05) is 26.8 Å². The molecule has 0 aliphatic carbocycles. The first-order valence-corrected chi connectivity index (χ1v) is 10.6. The lowest BCUT2D eigenvalue weighted by Gasteiger charge is -2.21. The fraction of sp³-hybridized carbons (Fsp3) is 0.389. The molecule has 0 atom stereocenters. The predicted octanol–water partition coefficient (Wildman–Crippen LogP) is 3.30. The molecular weight excluding hydrogens is 449 g/mol. The standard InChI is InChI=1S/C18H20ClF3N2O5S/c1-28-10-8-24(12-13-3-2-9-29-13)17(25)6-7-23-30(26,27)14-4-5-16(19)15(11-14)18(20,21)22/h2-5,9,11,23H,6-8,10,12H2,1H3. The number of hydrogen-bond donors (Lipinski definition) is 1. The van der Waals surface area contributed by atoms with Crippen LogP contribution in [0.2, 0.25) is 5.02 Å². The van der Waals surface area contributed by atoms with Gasteiger partial charge in [0, 0.05) is 26.6 Å². The van der Waals surface area contributed by atoms with Crippen molar-refractivity contribution in [2.45, 2.75) is 24.0 Å². The minimum atomic E-state index is -4.80. The number of nitrogens with one attached hydrogen (secondary N) is 1. The zero-order valence-corrected chi connectivity index (χ0v) is 17.5. The summed E-state index contributed by atoms with van der Waals surface area (Å²) in [6.45, 7) is 0.402. The van der Waals surface area contributed by atoms with Gasteiger partial charge in [0.05, 0.1) is 34.9 Å². The van der Waals surface area contributed by atoms with Crippen LogP contribution < -0.4 is 4.72 Å². The predicted molar refractivity (Wildman–Crippen MR) is 102 cm³/mol. The highest BCUT2D eigenvalue weighted by molar-refractivity contribution is 7.89. The van der Waals surface area contributed by atoms with Gasteiger partial charge in [0.15, 0.2) is 0 Å². The second kappa shape index (κ2) is 10.3. The maximum absolute atomic E-state index is 13.0. The lowest BCUT2D eigenvalue weighted by atomic mass is 10.2. The summed E-state index contributed by atoms with van der Waals surface area (Å²) in [6, 6.07) is 5.63. The fourth-order valence-corrected chi connectivity index (χ4v) is 3.79. The summed E-state index contributed by atoms with van der Waals surface area (Å²) < 4.78 is 75.8. The largest absolute Gasteiger partial charge is 0.467 e. The number of nitrogens with zero attached hydrogens (tertiary/aromatic N) is 1. The zero-order chi connectivity index (χ0) is 22.4. The Hall–Kier alpha value is -2.08. The monoisotopic (exact) mass is 468 g/mol. The Bertz CT molecular complexity index is 949. The van der Waals surface area contributed by atoms with Crippen molar-refractivity contribution < 1.29 is 35.5 Å². The first-order chi connectivity index (χ1) is 14.0. The summed E-state index contributed by atoms with van der Waals surface area (Å²) >= 11 is 5.51. The Morgan fingerprint density at radius 1 is 1.30 bits per heavy atom. The maximum Gasteiger partial charge on any atom is 0.417 e. The van der Waals surface area contributed by atoms with Gasteiger partial charge < -0.3 is 14.1 Å². The van der Waals surface area contributed by atoms with Crippen molar-refractivity contribution in [2.24, 2.45) is 0 Å². The van der Waals surface area contributed by atoms with Gasteiger partial charge in [0.1, 0.15) is 5.76 Å². The molecule has 0 fully saturated rings. The molecule has 0 radical (unpaired) electrons. The van der Waals surface area contributed by atoms with Gasteiger partial charge in [-0.05, 0) is 30.3 Å². The van der Waals surface area contributed by atoms with Gasteiger partial charge >= 0.3 is 6.18 Å². The third-order valence-corrected chi connectivity index (χ3v) is 5.82. The van der Waals surface area contributed by atoms with E-state index in [9.17, 15) is 26.4 Å². The van der Waals surface area contributed by atoms with E-state index in [2.05, 4.69) is 4.72 Å². The number of furan rings is 1. The number of sulfonamides is 1. The summed E-state index contributed by atoms with van der Waals surface area (Å²) in [5.41, 5.74) is -1.26. The molecule has 12 heteroatoms. The van der Waals surface area contributed by atoms with Crippen molar-refractivity contribution in [1.29, 1.82) is 0 Å². The van der Waals surface area contributed by atoms with Crippen molar-refractivity contribution in [3.8, 4) is 0 Å². The normalized spacial score (nSPS) is 12.2. The summed E-state index contributed by atoms with van der Waals surface area (Å²) in [7, 11) is -2.79. The van der Waals surface area contributed by atoms with Crippen LogP contribution in [0.25, 0.3) is 0 Å². The highest BCUT2D eigenvalue weighted by Crippen LogP contribution is 2.35. The number of rotatable bonds is 10. The molecule has 0 unspecified atom stereocenters. The highest BCUT2D eigenvalue weighted by Gasteiger charge is 2.34. The van der Waals surface area contributed by atoms with Crippen LogP contribution in [-0.2, 0) is 32.3 Å². The van der Waals surface area contributed by atoms with E-state index in [0.717, 1.165) is 12.1 Å². The molecule has 2 aromatic rings. The first kappa shape index (κ1) is 24.2. The van der Waals surface area contributed by atoms with Crippen molar-refractivity contribution in [3.63, 3.8) is 0 Å². The molecule has 7 nitrogen and oxygen atoms in total. The number of ether oxygens (including phenoxy) is 1. The number of carbonyl (C=O) groups excluding carboxylic acids is 1. The van der Waals surface area contributed by atoms with Crippen LogP contribution in [0.15, 0.2) is 45.9 Å². The van der Waals surface area contributed by atoms with Gasteiger partial charge in [-0.15, -0.1) is 0 Å². The van der Waals surface area contributed by atoms with Gasteiger partial charge in [-0.3, -0.25) is 4.79 Å². The van der Waals surface area contributed by atoms with Crippen LogP contribution >= 0.6 is 11.6 Å². The fourth-order valence-electron chi connectivity index (χ4n) is 2.51. The number of amides is 1. The van der Waals surface area contributed by atoms with Crippen molar-refractivity contribution >= 4 is 27.5 Å². The van der Waals surface area contributed by atoms with Crippen molar-refractivity contribution in [3.05, 3.63) is 52.9 Å². The molecular formula is C18H20ClF3N2O5S. The average Bonchev–Trinajstić information content (AvgIpc) is 3.17. The second-order valence-corrected chi connectivity index (χ2v) is 8.35. The molecule has 0 saturated carbocycles. The average molecular weight is 469 g/mol. The van der Waals surface area contributed by atoms with E-state index in [4.69, 9.17) is 20.8 Å². The van der Waals surface area contributed by atoms with Gasteiger partial charge in [0.2, 0.25) is 15.9 Å². The van der Waals surface area contributed by atoms with Crippen LogP contribution in [0, 0.1) is 0 Å². The Kier molecular flexibility index (Phi) is 8.30. The number of methoxy groups -OCH3 is 1. The van der Waals surface area contributed by atoms with E-state index in [1.807, 2.05) is 0 Å². The van der Waals surface area contributed by atoms with Crippen LogP contribution in [0.5, 0.6) is 0 Å². The molecule has 1 N–H and O–H groups in total. The number of alkyl halides is 3. The number of benzene rings is 1. The number of halogens is 4. The Labute approximate surface area is 176 Å². The third-order valence-electron chi connectivity index (χ3n) is 4.03. The molecule has 0 aliphatic heterocycles. The van der Waals surface area contributed by atoms with Crippen molar-refractivity contribution in [1.82, 2.24) is 9.62 Å². The molecule has 166 valence electrons. The molecule has 0 saturated heterocycles. The van der Waals surface area contributed by atoms with Crippen LogP contribution in [-0.4, -0.2) is 46.0 Å². The quantitative estimate of drug-likeness (QED) is 0.578. The van der Waals surface area contributed by atoms with E-state index >= 15 is 0 Å². The molecule has 30 heavy (non-hydrogen) atoms. The van der Waals surface area contributed by atoms with Gasteiger partial charge in [-0.25, -0.2) is 13.1 Å². The SMILES string of the molecule is COCCN(Cc1ccco1)C(=O)CCNS(=O)(=O)c1ccc(Cl)c(C(F)(F)F)c1. The van der Waals surface area contributed by atoms with Gasteiger partial charge in [0.25, 0.3) is 0 Å². The molecule has 1 heterocycles. The zero-order valence-electron chi connectivity index (χ0n) is 15.9. The maximum atomic E-state index is 13.0. The van der Waals surface area contributed by atoms with E-state index < -0.39 is 31.7 Å². The van der Waals surface area contributed by atoms with Crippen LogP contribution in [0.4, 0.5) is 13.2 Å². The van der Waals surface area contributed by atoms with E-state index in [0.29, 0.717) is 11.8 Å². The van der Waals surface area contributed by atoms with E-state index in [1.165, 1.54) is 18.3 Å². The molecule has 0 bridgehead atoms. The third kappa shape index (κ3) is 6.73. The minimum absolute atomic E-state index is 0.175. The summed E-state index contributed by atoms with van der Waals surface area (Å²) in [5, 5.41) is -0.608. The first-order valence-electron chi connectivity index (χ1n) is 8.70. The summed E-state index contributed by atoms with van der Waals surface area (Å²) in [6.07, 6.45) is -3.54. The van der Waals surface area contributed by atoms with Gasteiger partial charge in [-0.1, -0.05) is 11.6 Å². The minimum Gasteiger partial charge on any atom is -0.467 e. The molecule has 0 aliphatic rings. The van der Waals surface area contributed by atoms with Crippen LogP contribution in [0.1, 0.15) is 17.7 Å². The summed E-state index contributed by atoms with van der Waals surface area (Å²) in [4.78, 5) is 13.3. The highest BCUT2D eigenvalue weighted by atomic mass is 35.5. The molecule has 1 aromatic carbocycles. The smallest absolute Gasteiger partial charge is 0.417 e. The lowest BCUT2D eigenvalue weighted by Crippen LogP contribution is -2.36. The van der Waals surface area contributed by atoms with Crippen LogP contribution in [0.3, 0.4) is 0 Å². The Morgan fingerprint density at radius 2 is 2.03 bits per heavy atom. The number of carbonyl (C=O) groups is 1. The van der Waals surface area contributed by atoms with E-state index in [-0.39, 0.29) is 38.6 Å². The Balaban J connectivity index is 2.02. The lowest BCUT2D eigenvalue weighted by molar-refractivity contribution is -0.137. The summed E-state index contributed by atoms with van der Waals surface area (Å²) in [5.74, 6) is 0.166. The topological polar surface area (TPSA) is 88.8 Å². The molecule has 1 amide bonds. The molecule has 1 aromatic heterocycles. The van der Waals surface area contributed by atoms with Gasteiger partial charge in [-0.2, -0.15) is 13.2 Å². The molecule has 0 spiro atoms. The Morgan fingerprint density at radius 3 is 2.63 bits per heavy atom.